The fourth-order valence-corrected chi connectivity index (χ4v) is 3.98. The maximum Gasteiger partial charge on any atom is 0.338 e. The number of nitrogens with zero attached hydrogens (tertiary/aromatic N) is 3. The van der Waals surface area contributed by atoms with Crippen LogP contribution >= 0.6 is 0 Å². The fourth-order valence-electron chi connectivity index (χ4n) is 3.98. The van der Waals surface area contributed by atoms with Crippen molar-refractivity contribution < 1.29 is 33.1 Å². The van der Waals surface area contributed by atoms with Gasteiger partial charge in [0.2, 0.25) is 5.82 Å². The highest BCUT2D eigenvalue weighted by Gasteiger charge is 2.35. The van der Waals surface area contributed by atoms with Crippen LogP contribution in [0.25, 0.3) is 11.4 Å². The second kappa shape index (κ2) is 9.94. The van der Waals surface area contributed by atoms with Crippen LogP contribution in [-0.2, 0) is 17.9 Å². The van der Waals surface area contributed by atoms with Gasteiger partial charge < -0.3 is 18.7 Å². The maximum atomic E-state index is 12.7. The molecule has 1 aromatic heterocycles. The number of methoxy groups -OCH3 is 2. The molecule has 10 heteroatoms. The summed E-state index contributed by atoms with van der Waals surface area (Å²) in [5, 5.41) is 3.93. The molecule has 0 saturated carbocycles. The van der Waals surface area contributed by atoms with Crippen LogP contribution < -0.4 is 9.47 Å². The van der Waals surface area contributed by atoms with Gasteiger partial charge in [0.1, 0.15) is 0 Å². The topological polar surface area (TPSA) is 121 Å². The fraction of sp³-hybridized carbons (Fsp3) is 0.148. The minimum atomic E-state index is -0.616. The summed E-state index contributed by atoms with van der Waals surface area (Å²) in [6.45, 7) is -0.201. The van der Waals surface area contributed by atoms with Gasteiger partial charge in [-0.15, -0.1) is 0 Å². The molecule has 4 aromatic rings. The molecular formula is C27H21N3O7. The maximum absolute atomic E-state index is 12.7. The third kappa shape index (κ3) is 4.64. The SMILES string of the molecule is COc1ccc(-c2noc(COC(=O)c3cccc(CN4C(=O)c5ccccc5C4=O)c3)n2)cc1OC. The third-order valence-electron chi connectivity index (χ3n) is 5.82. The van der Waals surface area contributed by atoms with Crippen molar-refractivity contribution in [2.75, 3.05) is 14.2 Å². The normalized spacial score (nSPS) is 12.4. The van der Waals surface area contributed by atoms with Gasteiger partial charge in [-0.1, -0.05) is 29.4 Å². The highest BCUT2D eigenvalue weighted by atomic mass is 16.6. The van der Waals surface area contributed by atoms with Gasteiger partial charge in [0.15, 0.2) is 18.1 Å². The van der Waals surface area contributed by atoms with Crippen LogP contribution in [-0.4, -0.2) is 47.0 Å². The van der Waals surface area contributed by atoms with Crippen molar-refractivity contribution >= 4 is 17.8 Å². The van der Waals surface area contributed by atoms with Gasteiger partial charge in [-0.2, -0.15) is 4.98 Å². The summed E-state index contributed by atoms with van der Waals surface area (Å²) in [7, 11) is 3.07. The summed E-state index contributed by atoms with van der Waals surface area (Å²) in [6.07, 6.45) is 0. The number of hydrogen-bond donors (Lipinski definition) is 0. The van der Waals surface area contributed by atoms with E-state index < -0.39 is 5.97 Å². The molecule has 37 heavy (non-hydrogen) atoms. The standard InChI is InChI=1S/C27H21N3O7/c1-34-21-11-10-17(13-22(21)35-2)24-28-23(37-29-24)15-36-27(33)18-7-5-6-16(12-18)14-30-25(31)19-8-3-4-9-20(19)26(30)32/h3-13H,14-15H2,1-2H3. The zero-order chi connectivity index (χ0) is 25.9. The van der Waals surface area contributed by atoms with Gasteiger partial charge in [0, 0.05) is 5.56 Å². The number of hydrogen-bond acceptors (Lipinski definition) is 9. The molecule has 0 aliphatic carbocycles. The second-order valence-corrected chi connectivity index (χ2v) is 8.10. The minimum Gasteiger partial charge on any atom is -0.493 e. The van der Waals surface area contributed by atoms with E-state index in [-0.39, 0.29) is 36.4 Å². The van der Waals surface area contributed by atoms with Crippen molar-refractivity contribution in [3.63, 3.8) is 0 Å². The number of amides is 2. The lowest BCUT2D eigenvalue weighted by Gasteiger charge is -2.14. The number of esters is 1. The van der Waals surface area contributed by atoms with E-state index in [1.165, 1.54) is 7.11 Å². The first kappa shape index (κ1) is 23.7. The van der Waals surface area contributed by atoms with Crippen molar-refractivity contribution in [2.45, 2.75) is 13.2 Å². The molecular weight excluding hydrogens is 478 g/mol. The first-order valence-corrected chi connectivity index (χ1v) is 11.2. The van der Waals surface area contributed by atoms with E-state index in [1.807, 2.05) is 0 Å². The highest BCUT2D eigenvalue weighted by Crippen LogP contribution is 2.31. The molecule has 0 radical (unpaired) electrons. The quantitative estimate of drug-likeness (QED) is 0.262. The molecule has 3 aromatic carbocycles. The van der Waals surface area contributed by atoms with Crippen molar-refractivity contribution in [3.05, 3.63) is 94.9 Å². The number of carbonyl (C=O) groups excluding carboxylic acids is 3. The molecule has 186 valence electrons. The summed E-state index contributed by atoms with van der Waals surface area (Å²) in [5.74, 6) is 0.142. The van der Waals surface area contributed by atoms with E-state index in [0.29, 0.717) is 39.6 Å². The molecule has 2 heterocycles. The first-order valence-electron chi connectivity index (χ1n) is 11.2. The molecule has 0 N–H and O–H groups in total. The largest absolute Gasteiger partial charge is 0.493 e. The van der Waals surface area contributed by atoms with Crippen LogP contribution in [0.2, 0.25) is 0 Å². The number of fused-ring (bicyclic) bond motifs is 1. The van der Waals surface area contributed by atoms with Gasteiger partial charge in [-0.3, -0.25) is 14.5 Å². The Bertz CT molecular complexity index is 1480. The Hall–Kier alpha value is -4.99. The molecule has 0 saturated heterocycles. The predicted molar refractivity (Wildman–Crippen MR) is 129 cm³/mol. The molecule has 1 aliphatic rings. The average Bonchev–Trinajstić information content (AvgIpc) is 3.51. The van der Waals surface area contributed by atoms with Crippen molar-refractivity contribution in [3.8, 4) is 22.9 Å². The van der Waals surface area contributed by atoms with Crippen molar-refractivity contribution in [2.24, 2.45) is 0 Å². The summed E-state index contributed by atoms with van der Waals surface area (Å²) in [4.78, 5) is 43.4. The summed E-state index contributed by atoms with van der Waals surface area (Å²) in [5.41, 5.74) is 2.25. The molecule has 0 bridgehead atoms. The average molecular weight is 499 g/mol. The molecule has 1 aliphatic heterocycles. The van der Waals surface area contributed by atoms with Crippen LogP contribution in [0, 0.1) is 0 Å². The number of ether oxygens (including phenoxy) is 3. The zero-order valence-electron chi connectivity index (χ0n) is 20.0. The highest BCUT2D eigenvalue weighted by molar-refractivity contribution is 6.21. The van der Waals surface area contributed by atoms with Crippen LogP contribution in [0.4, 0.5) is 0 Å². The molecule has 0 spiro atoms. The van der Waals surface area contributed by atoms with Crippen LogP contribution in [0.1, 0.15) is 42.5 Å². The number of aromatic nitrogens is 2. The summed E-state index contributed by atoms with van der Waals surface area (Å²) < 4.78 is 21.1. The Morgan fingerprint density at radius 3 is 2.32 bits per heavy atom. The van der Waals surface area contributed by atoms with Crippen molar-refractivity contribution in [1.82, 2.24) is 15.0 Å². The van der Waals surface area contributed by atoms with E-state index in [1.54, 1.807) is 73.8 Å². The van der Waals surface area contributed by atoms with Crippen LogP contribution in [0.15, 0.2) is 71.3 Å². The van der Waals surface area contributed by atoms with E-state index in [0.717, 1.165) is 4.90 Å². The Balaban J connectivity index is 1.23. The van der Waals surface area contributed by atoms with Crippen LogP contribution in [0.3, 0.4) is 0 Å². The number of imide groups is 1. The van der Waals surface area contributed by atoms with E-state index >= 15 is 0 Å². The Morgan fingerprint density at radius 1 is 0.892 bits per heavy atom. The lowest BCUT2D eigenvalue weighted by Crippen LogP contribution is -2.29. The summed E-state index contributed by atoms with van der Waals surface area (Å²) in [6, 6.07) is 18.4. The molecule has 0 unspecified atom stereocenters. The Kier molecular flexibility index (Phi) is 6.38. The Labute approximate surface area is 211 Å². The first-order chi connectivity index (χ1) is 18.0. The monoisotopic (exact) mass is 499 g/mol. The lowest BCUT2D eigenvalue weighted by molar-refractivity contribution is 0.0429. The van der Waals surface area contributed by atoms with Gasteiger partial charge >= 0.3 is 5.97 Å². The molecule has 2 amide bonds. The number of benzene rings is 3. The molecule has 0 atom stereocenters. The molecule has 5 rings (SSSR count). The van der Waals surface area contributed by atoms with Crippen molar-refractivity contribution in [1.29, 1.82) is 0 Å². The third-order valence-corrected chi connectivity index (χ3v) is 5.82. The van der Waals surface area contributed by atoms with E-state index in [2.05, 4.69) is 10.1 Å². The van der Waals surface area contributed by atoms with Crippen LogP contribution in [0.5, 0.6) is 11.5 Å². The molecule has 10 nitrogen and oxygen atoms in total. The van der Waals surface area contributed by atoms with Gasteiger partial charge in [-0.05, 0) is 48.0 Å². The summed E-state index contributed by atoms with van der Waals surface area (Å²) >= 11 is 0. The minimum absolute atomic E-state index is 0.0335. The second-order valence-electron chi connectivity index (χ2n) is 8.10. The number of rotatable bonds is 8. The lowest BCUT2D eigenvalue weighted by atomic mass is 10.1. The van der Waals surface area contributed by atoms with Gasteiger partial charge in [-0.25, -0.2) is 4.79 Å². The van der Waals surface area contributed by atoms with E-state index in [9.17, 15) is 14.4 Å². The van der Waals surface area contributed by atoms with E-state index in [4.69, 9.17) is 18.7 Å². The molecule has 0 fully saturated rings. The predicted octanol–water partition coefficient (Wildman–Crippen LogP) is 3.91. The zero-order valence-corrected chi connectivity index (χ0v) is 20.0. The smallest absolute Gasteiger partial charge is 0.338 e. The van der Waals surface area contributed by atoms with Gasteiger partial charge in [0.05, 0.1) is 37.5 Å². The number of carbonyl (C=O) groups is 3. The Morgan fingerprint density at radius 2 is 1.62 bits per heavy atom. The van der Waals surface area contributed by atoms with Gasteiger partial charge in [0.25, 0.3) is 17.7 Å².